The molecule has 4 aliphatic carbocycles. The van der Waals surface area contributed by atoms with Crippen molar-refractivity contribution in [3.8, 4) is 0 Å². The normalized spacial score (nSPS) is 47.2. The first-order chi connectivity index (χ1) is 17.9. The first-order valence-electron chi connectivity index (χ1n) is 13.0. The van der Waals surface area contributed by atoms with Crippen LogP contribution in [0.1, 0.15) is 40.0 Å². The molecule has 38 heavy (non-hydrogen) atoms. The second kappa shape index (κ2) is 8.17. The minimum absolute atomic E-state index is 0.0472. The third-order valence-corrected chi connectivity index (χ3v) is 11.5. The van der Waals surface area contributed by atoms with Crippen molar-refractivity contribution in [3.05, 3.63) is 48.3 Å². The zero-order chi connectivity index (χ0) is 27.3. The van der Waals surface area contributed by atoms with Crippen molar-refractivity contribution in [3.63, 3.8) is 0 Å². The zero-order valence-electron chi connectivity index (χ0n) is 21.5. The number of carbonyl (C=O) groups excluding carboxylic acids is 2. The lowest BCUT2D eigenvalue weighted by Crippen LogP contribution is -2.73. The van der Waals surface area contributed by atoms with Gasteiger partial charge in [-0.25, -0.2) is 13.2 Å². The first kappa shape index (κ1) is 26.1. The predicted octanol–water partition coefficient (Wildman–Crippen LogP) is 4.69. The van der Waals surface area contributed by atoms with Crippen LogP contribution in [0, 0.1) is 28.1 Å². The molecule has 0 spiro atoms. The van der Waals surface area contributed by atoms with E-state index in [1.165, 1.54) is 12.2 Å². The number of fused-ring (bicyclic) bond motifs is 7. The highest BCUT2D eigenvalue weighted by Crippen LogP contribution is 2.78. The van der Waals surface area contributed by atoms with Gasteiger partial charge in [-0.1, -0.05) is 31.7 Å². The lowest BCUT2D eigenvalue weighted by Gasteiger charge is -2.67. The van der Waals surface area contributed by atoms with Crippen molar-refractivity contribution in [1.29, 1.82) is 0 Å². The average molecular weight is 549 g/mol. The van der Waals surface area contributed by atoms with Crippen LogP contribution in [0.25, 0.3) is 0 Å². The molecule has 10 heteroatoms. The van der Waals surface area contributed by atoms with E-state index >= 15 is 8.78 Å². The lowest BCUT2D eigenvalue weighted by molar-refractivity contribution is -0.254. The fraction of sp³-hybridized carbons (Fsp3) is 0.607. The van der Waals surface area contributed by atoms with Crippen LogP contribution in [0.5, 0.6) is 0 Å². The van der Waals surface area contributed by atoms with Crippen molar-refractivity contribution >= 4 is 28.3 Å². The van der Waals surface area contributed by atoms with Gasteiger partial charge in [-0.2, -0.15) is 0 Å². The number of carbonyl (C=O) groups is 2. The highest BCUT2D eigenvalue weighted by molar-refractivity contribution is 8.13. The standard InChI is InChI=1S/C28H31F3N2O4S/c1-24-7-6-18(34)9-19(24)20(30)10-21-25(2)11-16-14-33(17-5-4-8-32-13-17)37-28(16,23(36)38-15-29)26(25,3)12-22(35)27(21,24)31/h4-9,13,16,20-22,35H,10-12,14-15H2,1-3H3/t16-,20-,21-,22-,24-,25-,26-,27-,28-/m0/s1. The Balaban J connectivity index is 1.50. The Morgan fingerprint density at radius 1 is 1.32 bits per heavy atom. The van der Waals surface area contributed by atoms with Gasteiger partial charge >= 0.3 is 0 Å². The van der Waals surface area contributed by atoms with Crippen LogP contribution in [0.2, 0.25) is 0 Å². The first-order valence-corrected chi connectivity index (χ1v) is 13.9. The third kappa shape index (κ3) is 2.86. The number of aromatic nitrogens is 1. The molecule has 1 aliphatic heterocycles. The molecule has 0 bridgehead atoms. The number of aliphatic hydroxyl groups excluding tert-OH is 1. The number of hydroxylamine groups is 1. The smallest absolute Gasteiger partial charge is 0.226 e. The Kier molecular flexibility index (Phi) is 5.61. The number of halogens is 3. The quantitative estimate of drug-likeness (QED) is 0.587. The summed E-state index contributed by atoms with van der Waals surface area (Å²) in [6.07, 6.45) is 3.79. The summed E-state index contributed by atoms with van der Waals surface area (Å²) in [5.41, 5.74) is -6.82. The van der Waals surface area contributed by atoms with E-state index in [-0.39, 0.29) is 25.0 Å². The van der Waals surface area contributed by atoms with Gasteiger partial charge in [0.25, 0.3) is 0 Å². The number of ketones is 1. The number of thioether (sulfide) groups is 1. The van der Waals surface area contributed by atoms with Gasteiger partial charge in [0.2, 0.25) is 5.12 Å². The van der Waals surface area contributed by atoms with Gasteiger partial charge in [-0.05, 0) is 61.5 Å². The van der Waals surface area contributed by atoms with E-state index in [1.807, 2.05) is 6.92 Å². The molecule has 1 aromatic rings. The number of anilines is 1. The number of nitrogens with zero attached hydrogens (tertiary/aromatic N) is 2. The van der Waals surface area contributed by atoms with Crippen LogP contribution >= 0.6 is 11.8 Å². The van der Waals surface area contributed by atoms with Gasteiger partial charge in [0.1, 0.15) is 12.2 Å². The minimum atomic E-state index is -2.29. The van der Waals surface area contributed by atoms with Crippen LogP contribution in [0.3, 0.4) is 0 Å². The minimum Gasteiger partial charge on any atom is -0.390 e. The monoisotopic (exact) mass is 548 g/mol. The molecule has 6 rings (SSSR count). The summed E-state index contributed by atoms with van der Waals surface area (Å²) in [5.74, 6) is -1.85. The van der Waals surface area contributed by atoms with Gasteiger partial charge in [0, 0.05) is 28.9 Å². The van der Waals surface area contributed by atoms with Crippen LogP contribution in [-0.2, 0) is 14.4 Å². The molecular formula is C28H31F3N2O4S. The summed E-state index contributed by atoms with van der Waals surface area (Å²) in [5, 5.41) is 12.7. The highest BCUT2D eigenvalue weighted by Gasteiger charge is 2.83. The van der Waals surface area contributed by atoms with Gasteiger partial charge < -0.3 is 5.11 Å². The molecule has 9 atom stereocenters. The maximum atomic E-state index is 17.6. The van der Waals surface area contributed by atoms with Crippen molar-refractivity contribution in [1.82, 2.24) is 4.98 Å². The number of aliphatic hydroxyl groups is 1. The van der Waals surface area contributed by atoms with E-state index in [9.17, 15) is 19.1 Å². The summed E-state index contributed by atoms with van der Waals surface area (Å²) in [6.45, 7) is 5.51. The second-order valence-electron chi connectivity index (χ2n) is 12.1. The maximum Gasteiger partial charge on any atom is 0.226 e. The van der Waals surface area contributed by atoms with E-state index in [1.54, 1.807) is 43.4 Å². The molecule has 2 heterocycles. The Morgan fingerprint density at radius 2 is 2.08 bits per heavy atom. The van der Waals surface area contributed by atoms with Gasteiger partial charge in [0.05, 0.1) is 24.5 Å². The summed E-state index contributed by atoms with van der Waals surface area (Å²) in [6, 6.07) is 2.58. The average Bonchev–Trinajstić information content (AvgIpc) is 3.35. The number of hydrogen-bond acceptors (Lipinski definition) is 7. The molecule has 0 unspecified atom stereocenters. The Bertz CT molecular complexity index is 1260. The number of pyridine rings is 1. The van der Waals surface area contributed by atoms with Gasteiger partial charge in [-0.3, -0.25) is 24.5 Å². The molecule has 0 amide bonds. The summed E-state index contributed by atoms with van der Waals surface area (Å²) >= 11 is 0.514. The molecule has 0 radical (unpaired) electrons. The van der Waals surface area contributed by atoms with Crippen molar-refractivity contribution in [2.24, 2.45) is 28.1 Å². The topological polar surface area (TPSA) is 79.7 Å². The van der Waals surface area contributed by atoms with Crippen molar-refractivity contribution in [2.45, 2.75) is 63.6 Å². The van der Waals surface area contributed by atoms with Crippen LogP contribution in [-0.4, -0.2) is 57.1 Å². The Labute approximate surface area is 223 Å². The summed E-state index contributed by atoms with van der Waals surface area (Å²) < 4.78 is 47.1. The lowest BCUT2D eigenvalue weighted by atomic mass is 9.40. The fourth-order valence-electron chi connectivity index (χ4n) is 8.86. The van der Waals surface area contributed by atoms with E-state index in [0.29, 0.717) is 23.9 Å². The van der Waals surface area contributed by atoms with Crippen LogP contribution in [0.15, 0.2) is 48.3 Å². The number of alkyl halides is 3. The molecule has 3 saturated carbocycles. The van der Waals surface area contributed by atoms with Gasteiger partial charge in [-0.15, -0.1) is 0 Å². The predicted molar refractivity (Wildman–Crippen MR) is 136 cm³/mol. The van der Waals surface area contributed by atoms with E-state index in [0.717, 1.165) is 6.08 Å². The van der Waals surface area contributed by atoms with E-state index in [4.69, 9.17) is 4.84 Å². The SMILES string of the molecule is C[C@]12C[C@H](O)[C@@]3(F)[C@@H](C[C@H](F)C4=CC(=O)C=C[C@@]43C)[C@]1(C)C[C@H]1CN(c3cccnc3)O[C@]12C(=O)SCF. The largest absolute Gasteiger partial charge is 0.390 e. The molecule has 5 aliphatic rings. The van der Waals surface area contributed by atoms with E-state index in [2.05, 4.69) is 4.98 Å². The number of allylic oxidation sites excluding steroid dienone is 4. The van der Waals surface area contributed by atoms with Crippen LogP contribution < -0.4 is 5.06 Å². The zero-order valence-corrected chi connectivity index (χ0v) is 22.3. The fourth-order valence-corrected chi connectivity index (χ4v) is 9.60. The second-order valence-corrected chi connectivity index (χ2v) is 12.9. The van der Waals surface area contributed by atoms with E-state index < -0.39 is 68.5 Å². The molecular weight excluding hydrogens is 517 g/mol. The molecule has 0 aromatic carbocycles. The van der Waals surface area contributed by atoms with Crippen LogP contribution in [0.4, 0.5) is 18.9 Å². The number of hydrogen-bond donors (Lipinski definition) is 1. The molecule has 6 nitrogen and oxygen atoms in total. The maximum absolute atomic E-state index is 17.6. The van der Waals surface area contributed by atoms with Crippen molar-refractivity contribution < 1.29 is 32.7 Å². The molecule has 204 valence electrons. The Morgan fingerprint density at radius 3 is 2.76 bits per heavy atom. The molecule has 1 saturated heterocycles. The molecule has 1 N–H and O–H groups in total. The Hall–Kier alpha value is -2.17. The van der Waals surface area contributed by atoms with Crippen molar-refractivity contribution in [2.75, 3.05) is 17.6 Å². The molecule has 4 fully saturated rings. The summed E-state index contributed by atoms with van der Waals surface area (Å²) in [7, 11) is 0. The number of rotatable bonds is 3. The molecule has 1 aromatic heterocycles. The highest BCUT2D eigenvalue weighted by atomic mass is 32.2. The summed E-state index contributed by atoms with van der Waals surface area (Å²) in [4.78, 5) is 36.5. The van der Waals surface area contributed by atoms with Gasteiger partial charge in [0.15, 0.2) is 17.1 Å². The third-order valence-electron chi connectivity index (χ3n) is 10.8.